The van der Waals surface area contributed by atoms with Crippen molar-refractivity contribution in [3.05, 3.63) is 40.9 Å². The van der Waals surface area contributed by atoms with E-state index in [1.807, 2.05) is 6.92 Å². The van der Waals surface area contributed by atoms with Crippen LogP contribution in [0.25, 0.3) is 0 Å². The zero-order chi connectivity index (χ0) is 13.8. The molecule has 2 aromatic heterocycles. The minimum absolute atomic E-state index is 0.174. The number of nitrogens with zero attached hydrogens (tertiary/aromatic N) is 3. The van der Waals surface area contributed by atoms with Gasteiger partial charge in [0.2, 0.25) is 5.78 Å². The van der Waals surface area contributed by atoms with Crippen LogP contribution in [0.3, 0.4) is 0 Å². The van der Waals surface area contributed by atoms with Crippen molar-refractivity contribution in [2.75, 3.05) is 7.11 Å². The molecule has 0 fully saturated rings. The Morgan fingerprint density at radius 3 is 2.79 bits per heavy atom. The maximum atomic E-state index is 12.5. The largest absolute Gasteiger partial charge is 0.493 e. The van der Waals surface area contributed by atoms with E-state index in [4.69, 9.17) is 16.3 Å². The zero-order valence-electron chi connectivity index (χ0n) is 10.8. The number of hydrogen-bond acceptors (Lipinski definition) is 4. The first-order valence-electron chi connectivity index (χ1n) is 5.93. The van der Waals surface area contributed by atoms with Crippen molar-refractivity contribution in [1.82, 2.24) is 14.8 Å². The van der Waals surface area contributed by atoms with Crippen LogP contribution in [0.15, 0.2) is 24.5 Å². The number of carbonyl (C=O) groups is 1. The van der Waals surface area contributed by atoms with Gasteiger partial charge in [0.15, 0.2) is 11.4 Å². The van der Waals surface area contributed by atoms with Crippen molar-refractivity contribution in [2.24, 2.45) is 0 Å². The third-order valence-corrected chi connectivity index (χ3v) is 2.89. The Labute approximate surface area is 116 Å². The molecule has 0 aliphatic rings. The number of ketones is 1. The van der Waals surface area contributed by atoms with Crippen LogP contribution in [0.5, 0.6) is 5.75 Å². The lowest BCUT2D eigenvalue weighted by Gasteiger charge is -2.07. The van der Waals surface area contributed by atoms with Crippen LogP contribution >= 0.6 is 11.6 Å². The molecule has 0 radical (unpaired) electrons. The lowest BCUT2D eigenvalue weighted by atomic mass is 10.1. The molecule has 0 N–H and O–H groups in total. The Kier molecular flexibility index (Phi) is 4.16. The molecule has 0 saturated carbocycles. The number of aryl methyl sites for hydroxylation is 1. The highest BCUT2D eigenvalue weighted by Gasteiger charge is 2.20. The second-order valence-electron chi connectivity index (χ2n) is 3.98. The van der Waals surface area contributed by atoms with E-state index >= 15 is 0 Å². The summed E-state index contributed by atoms with van der Waals surface area (Å²) in [5, 5.41) is 4.52. The minimum atomic E-state index is -0.174. The third-order valence-electron chi connectivity index (χ3n) is 2.67. The molecule has 0 aromatic carbocycles. The van der Waals surface area contributed by atoms with E-state index in [0.29, 0.717) is 28.7 Å². The van der Waals surface area contributed by atoms with E-state index in [-0.39, 0.29) is 5.78 Å². The van der Waals surface area contributed by atoms with Crippen LogP contribution in [0.1, 0.15) is 29.4 Å². The first-order valence-corrected chi connectivity index (χ1v) is 6.31. The molecular formula is C13H14ClN3O2. The van der Waals surface area contributed by atoms with Gasteiger partial charge in [0.1, 0.15) is 5.15 Å². The molecule has 0 saturated heterocycles. The Morgan fingerprint density at radius 2 is 2.21 bits per heavy atom. The standard InChI is InChI=1S/C13H14ClN3O2/c1-3-6-17-12(10(19-2)8-16-17)13(18)9-4-5-11(14)15-7-9/h4-5,7-8H,3,6H2,1-2H3. The van der Waals surface area contributed by atoms with E-state index in [9.17, 15) is 4.79 Å². The number of methoxy groups -OCH3 is 1. The van der Waals surface area contributed by atoms with Gasteiger partial charge in [-0.1, -0.05) is 18.5 Å². The lowest BCUT2D eigenvalue weighted by molar-refractivity contribution is 0.102. The summed E-state index contributed by atoms with van der Waals surface area (Å²) in [6.07, 6.45) is 3.88. The SMILES string of the molecule is CCCn1ncc(OC)c1C(=O)c1ccc(Cl)nc1. The molecule has 0 aliphatic heterocycles. The quantitative estimate of drug-likeness (QED) is 0.623. The summed E-state index contributed by atoms with van der Waals surface area (Å²) in [5.41, 5.74) is 0.897. The summed E-state index contributed by atoms with van der Waals surface area (Å²) in [6, 6.07) is 3.22. The smallest absolute Gasteiger partial charge is 0.216 e. The summed E-state index contributed by atoms with van der Waals surface area (Å²) in [5.74, 6) is 0.292. The lowest BCUT2D eigenvalue weighted by Crippen LogP contribution is -2.12. The van der Waals surface area contributed by atoms with Crippen LogP contribution < -0.4 is 4.74 Å². The highest BCUT2D eigenvalue weighted by atomic mass is 35.5. The molecule has 100 valence electrons. The fourth-order valence-electron chi connectivity index (χ4n) is 1.77. The number of ether oxygens (including phenoxy) is 1. The number of halogens is 1. The van der Waals surface area contributed by atoms with Crippen molar-refractivity contribution in [3.63, 3.8) is 0 Å². The van der Waals surface area contributed by atoms with E-state index in [1.165, 1.54) is 13.3 Å². The van der Waals surface area contributed by atoms with Gasteiger partial charge in [-0.15, -0.1) is 0 Å². The topological polar surface area (TPSA) is 57.0 Å². The summed E-state index contributed by atoms with van der Waals surface area (Å²) < 4.78 is 6.84. The van der Waals surface area contributed by atoms with Crippen molar-refractivity contribution in [2.45, 2.75) is 19.9 Å². The maximum Gasteiger partial charge on any atom is 0.216 e. The average Bonchev–Trinajstić information content (AvgIpc) is 2.82. The predicted molar refractivity (Wildman–Crippen MR) is 71.7 cm³/mol. The van der Waals surface area contributed by atoms with Crippen molar-refractivity contribution < 1.29 is 9.53 Å². The molecule has 0 amide bonds. The highest BCUT2D eigenvalue weighted by molar-refractivity contribution is 6.29. The van der Waals surface area contributed by atoms with Gasteiger partial charge in [0.25, 0.3) is 0 Å². The van der Waals surface area contributed by atoms with Gasteiger partial charge >= 0.3 is 0 Å². The minimum Gasteiger partial charge on any atom is -0.493 e. The Hall–Kier alpha value is -1.88. The molecule has 0 atom stereocenters. The summed E-state index contributed by atoms with van der Waals surface area (Å²) in [7, 11) is 1.52. The number of pyridine rings is 1. The third kappa shape index (κ3) is 2.76. The van der Waals surface area contributed by atoms with Gasteiger partial charge in [0, 0.05) is 18.3 Å². The van der Waals surface area contributed by atoms with Crippen LogP contribution in [0.2, 0.25) is 5.15 Å². The van der Waals surface area contributed by atoms with Gasteiger partial charge in [0.05, 0.1) is 13.3 Å². The van der Waals surface area contributed by atoms with Gasteiger partial charge in [-0.2, -0.15) is 5.10 Å². The molecule has 0 spiro atoms. The van der Waals surface area contributed by atoms with Crippen molar-refractivity contribution in [1.29, 1.82) is 0 Å². The molecule has 6 heteroatoms. The van der Waals surface area contributed by atoms with Crippen molar-refractivity contribution >= 4 is 17.4 Å². The fraction of sp³-hybridized carbons (Fsp3) is 0.308. The van der Waals surface area contributed by atoms with Crippen LogP contribution in [0.4, 0.5) is 0 Å². The molecule has 19 heavy (non-hydrogen) atoms. The summed E-state index contributed by atoms with van der Waals surface area (Å²) in [4.78, 5) is 16.4. The van der Waals surface area contributed by atoms with Crippen LogP contribution in [0, 0.1) is 0 Å². The van der Waals surface area contributed by atoms with E-state index in [1.54, 1.807) is 23.0 Å². The normalized spacial score (nSPS) is 10.5. The maximum absolute atomic E-state index is 12.5. The second-order valence-corrected chi connectivity index (χ2v) is 4.37. The van der Waals surface area contributed by atoms with E-state index in [0.717, 1.165) is 6.42 Å². The van der Waals surface area contributed by atoms with E-state index in [2.05, 4.69) is 10.1 Å². The number of rotatable bonds is 5. The number of aromatic nitrogens is 3. The Balaban J connectivity index is 2.42. The molecule has 0 aliphatic carbocycles. The monoisotopic (exact) mass is 279 g/mol. The first-order chi connectivity index (χ1) is 9.17. The zero-order valence-corrected chi connectivity index (χ0v) is 11.5. The van der Waals surface area contributed by atoms with Crippen LogP contribution in [-0.4, -0.2) is 27.7 Å². The Morgan fingerprint density at radius 1 is 1.42 bits per heavy atom. The summed E-state index contributed by atoms with van der Waals surface area (Å²) >= 11 is 5.72. The second kappa shape index (κ2) is 5.84. The van der Waals surface area contributed by atoms with Gasteiger partial charge in [-0.3, -0.25) is 9.48 Å². The molecule has 2 aromatic rings. The van der Waals surface area contributed by atoms with E-state index < -0.39 is 0 Å². The Bertz CT molecular complexity index is 578. The molecule has 0 unspecified atom stereocenters. The highest BCUT2D eigenvalue weighted by Crippen LogP contribution is 2.21. The summed E-state index contributed by atoms with van der Waals surface area (Å²) in [6.45, 7) is 2.68. The molecule has 0 bridgehead atoms. The molecule has 2 rings (SSSR count). The predicted octanol–water partition coefficient (Wildman–Crippen LogP) is 2.58. The van der Waals surface area contributed by atoms with Gasteiger partial charge in [-0.25, -0.2) is 4.98 Å². The average molecular weight is 280 g/mol. The number of hydrogen-bond donors (Lipinski definition) is 0. The molecule has 2 heterocycles. The van der Waals surface area contributed by atoms with Gasteiger partial charge in [-0.05, 0) is 18.6 Å². The first kappa shape index (κ1) is 13.5. The number of carbonyl (C=O) groups excluding carboxylic acids is 1. The molecule has 5 nitrogen and oxygen atoms in total. The van der Waals surface area contributed by atoms with Crippen LogP contribution in [-0.2, 0) is 6.54 Å². The molecular weight excluding hydrogens is 266 g/mol. The fourth-order valence-corrected chi connectivity index (χ4v) is 1.89. The van der Waals surface area contributed by atoms with Gasteiger partial charge < -0.3 is 4.74 Å². The van der Waals surface area contributed by atoms with Crippen molar-refractivity contribution in [3.8, 4) is 5.75 Å².